The first-order chi connectivity index (χ1) is 10.6. The third kappa shape index (κ3) is 4.96. The average Bonchev–Trinajstić information content (AvgIpc) is 2.54. The fourth-order valence-electron chi connectivity index (χ4n) is 2.94. The van der Waals surface area contributed by atoms with Crippen LogP contribution in [0.1, 0.15) is 32.1 Å². The van der Waals surface area contributed by atoms with Gasteiger partial charge in [-0.3, -0.25) is 10.1 Å². The molecule has 1 atom stereocenters. The van der Waals surface area contributed by atoms with E-state index in [1.54, 1.807) is 12.1 Å². The Hall–Kier alpha value is -1.66. The molecule has 6 nitrogen and oxygen atoms in total. The second-order valence-electron chi connectivity index (χ2n) is 5.95. The van der Waals surface area contributed by atoms with Gasteiger partial charge in [0.05, 0.1) is 11.0 Å². The predicted octanol–water partition coefficient (Wildman–Crippen LogP) is 2.60. The first-order valence-electron chi connectivity index (χ1n) is 7.82. The lowest BCUT2D eigenvalue weighted by Gasteiger charge is -2.32. The highest BCUT2D eigenvalue weighted by Crippen LogP contribution is 2.22. The molecule has 0 aromatic heterocycles. The quantitative estimate of drug-likeness (QED) is 0.619. The molecule has 0 amide bonds. The smallest absolute Gasteiger partial charge is 0.273 e. The van der Waals surface area contributed by atoms with Crippen molar-refractivity contribution < 1.29 is 14.8 Å². The molecule has 0 unspecified atom stereocenters. The fourth-order valence-corrected chi connectivity index (χ4v) is 2.94. The Morgan fingerprint density at radius 1 is 1.41 bits per heavy atom. The van der Waals surface area contributed by atoms with Crippen LogP contribution in [-0.2, 0) is 0 Å². The van der Waals surface area contributed by atoms with Gasteiger partial charge >= 0.3 is 0 Å². The summed E-state index contributed by atoms with van der Waals surface area (Å²) < 4.78 is 5.47. The van der Waals surface area contributed by atoms with E-state index in [4.69, 9.17) is 4.74 Å². The van der Waals surface area contributed by atoms with Gasteiger partial charge < -0.3 is 14.7 Å². The maximum absolute atomic E-state index is 10.7. The zero-order valence-electron chi connectivity index (χ0n) is 13.0. The zero-order chi connectivity index (χ0) is 15.9. The van der Waals surface area contributed by atoms with Crippen LogP contribution in [0.5, 0.6) is 5.75 Å². The van der Waals surface area contributed by atoms with Crippen molar-refractivity contribution in [1.29, 1.82) is 0 Å². The lowest BCUT2D eigenvalue weighted by atomic mass is 9.94. The number of ether oxygens (including phenoxy) is 1. The molecule has 22 heavy (non-hydrogen) atoms. The Bertz CT molecular complexity index is 489. The topological polar surface area (TPSA) is 75.8 Å². The molecule has 0 heterocycles. The summed E-state index contributed by atoms with van der Waals surface area (Å²) in [4.78, 5) is 12.4. The molecule has 1 N–H and O–H groups in total. The Labute approximate surface area is 130 Å². The van der Waals surface area contributed by atoms with Crippen molar-refractivity contribution in [2.45, 2.75) is 44.2 Å². The van der Waals surface area contributed by atoms with Crippen LogP contribution in [0.2, 0.25) is 0 Å². The molecule has 122 valence electrons. The molecule has 0 spiro atoms. The summed E-state index contributed by atoms with van der Waals surface area (Å²) in [7, 11) is 2.03. The number of hydrogen-bond acceptors (Lipinski definition) is 5. The normalized spacial score (nSPS) is 17.4. The van der Waals surface area contributed by atoms with Crippen LogP contribution in [0.25, 0.3) is 0 Å². The number of rotatable bonds is 7. The van der Waals surface area contributed by atoms with Gasteiger partial charge in [0, 0.05) is 18.7 Å². The Morgan fingerprint density at radius 2 is 2.14 bits per heavy atom. The number of aliphatic hydroxyl groups excluding tert-OH is 1. The van der Waals surface area contributed by atoms with E-state index in [1.165, 1.54) is 44.2 Å². The van der Waals surface area contributed by atoms with Crippen molar-refractivity contribution in [3.05, 3.63) is 34.4 Å². The minimum Gasteiger partial charge on any atom is -0.491 e. The minimum absolute atomic E-state index is 0.00804. The number of hydrogen-bond donors (Lipinski definition) is 1. The summed E-state index contributed by atoms with van der Waals surface area (Å²) in [6.07, 6.45) is 5.60. The van der Waals surface area contributed by atoms with Gasteiger partial charge in [-0.15, -0.1) is 0 Å². The molecule has 0 radical (unpaired) electrons. The van der Waals surface area contributed by atoms with Crippen molar-refractivity contribution >= 4 is 5.69 Å². The highest BCUT2D eigenvalue weighted by atomic mass is 16.6. The van der Waals surface area contributed by atoms with Crippen molar-refractivity contribution in [3.8, 4) is 5.75 Å². The first-order valence-corrected chi connectivity index (χ1v) is 7.82. The number of nitro groups is 1. The van der Waals surface area contributed by atoms with Crippen LogP contribution >= 0.6 is 0 Å². The van der Waals surface area contributed by atoms with Gasteiger partial charge in [0.1, 0.15) is 18.5 Å². The summed E-state index contributed by atoms with van der Waals surface area (Å²) in [5.74, 6) is 0.411. The largest absolute Gasteiger partial charge is 0.491 e. The van der Waals surface area contributed by atoms with Gasteiger partial charge in [0.25, 0.3) is 5.69 Å². The fraction of sp³-hybridized carbons (Fsp3) is 0.625. The number of likely N-dealkylation sites (N-methyl/N-ethyl adjacent to an activating group) is 1. The lowest BCUT2D eigenvalue weighted by Crippen LogP contribution is -2.40. The number of non-ortho nitro benzene ring substituents is 1. The molecule has 1 aliphatic rings. The van der Waals surface area contributed by atoms with Gasteiger partial charge in [-0.1, -0.05) is 25.3 Å². The number of nitro benzene ring substituents is 1. The molecule has 1 fully saturated rings. The second kappa shape index (κ2) is 8.10. The van der Waals surface area contributed by atoms with E-state index >= 15 is 0 Å². The summed E-state index contributed by atoms with van der Waals surface area (Å²) >= 11 is 0. The maximum Gasteiger partial charge on any atom is 0.273 e. The minimum atomic E-state index is -0.605. The van der Waals surface area contributed by atoms with Crippen LogP contribution in [0.4, 0.5) is 5.69 Å². The molecule has 1 aromatic rings. The summed E-state index contributed by atoms with van der Waals surface area (Å²) in [5, 5.41) is 20.8. The van der Waals surface area contributed by atoms with E-state index in [9.17, 15) is 15.2 Å². The molecule has 1 aromatic carbocycles. The van der Waals surface area contributed by atoms with Crippen molar-refractivity contribution in [3.63, 3.8) is 0 Å². The monoisotopic (exact) mass is 308 g/mol. The van der Waals surface area contributed by atoms with Gasteiger partial charge in [-0.2, -0.15) is 0 Å². The molecular formula is C16H24N2O4. The summed E-state index contributed by atoms with van der Waals surface area (Å²) in [6, 6.07) is 6.57. The van der Waals surface area contributed by atoms with E-state index in [1.807, 2.05) is 7.05 Å². The van der Waals surface area contributed by atoms with Crippen molar-refractivity contribution in [2.24, 2.45) is 0 Å². The molecule has 1 aliphatic carbocycles. The zero-order valence-corrected chi connectivity index (χ0v) is 13.0. The third-order valence-electron chi connectivity index (χ3n) is 4.17. The van der Waals surface area contributed by atoms with E-state index in [0.717, 1.165) is 0 Å². The van der Waals surface area contributed by atoms with Crippen LogP contribution in [0.15, 0.2) is 24.3 Å². The Balaban J connectivity index is 1.78. The molecule has 2 rings (SSSR count). The van der Waals surface area contributed by atoms with Crippen LogP contribution in [0, 0.1) is 10.1 Å². The highest BCUT2D eigenvalue weighted by molar-refractivity contribution is 5.37. The van der Waals surface area contributed by atoms with Crippen molar-refractivity contribution in [1.82, 2.24) is 4.90 Å². The van der Waals surface area contributed by atoms with Crippen LogP contribution < -0.4 is 4.74 Å². The standard InChI is InChI=1S/C16H24N2O4/c1-17(13-6-3-2-4-7-13)11-15(19)12-22-16-9-5-8-14(10-16)18(20)21/h5,8-10,13,15,19H,2-4,6-7,11-12H2,1H3/t15-/m1/s1. The maximum atomic E-state index is 10.7. The molecule has 0 aliphatic heterocycles. The Kier molecular flexibility index (Phi) is 6.15. The number of nitrogens with zero attached hydrogens (tertiary/aromatic N) is 2. The number of benzene rings is 1. The van der Waals surface area contributed by atoms with Crippen molar-refractivity contribution in [2.75, 3.05) is 20.2 Å². The molecule has 6 heteroatoms. The molecule has 0 bridgehead atoms. The van der Waals surface area contributed by atoms with Gasteiger partial charge in [-0.05, 0) is 26.0 Å². The molecular weight excluding hydrogens is 284 g/mol. The first kappa shape index (κ1) is 16.7. The van der Waals surface area contributed by atoms with E-state index < -0.39 is 11.0 Å². The summed E-state index contributed by atoms with van der Waals surface area (Å²) in [6.45, 7) is 0.692. The summed E-state index contributed by atoms with van der Waals surface area (Å²) in [5.41, 5.74) is -0.00804. The van der Waals surface area contributed by atoms with Gasteiger partial charge in [-0.25, -0.2) is 0 Å². The van der Waals surface area contributed by atoms with Crippen LogP contribution in [-0.4, -0.2) is 47.3 Å². The second-order valence-corrected chi connectivity index (χ2v) is 5.95. The molecule has 1 saturated carbocycles. The predicted molar refractivity (Wildman–Crippen MR) is 84.1 cm³/mol. The van der Waals surface area contributed by atoms with Gasteiger partial charge in [0.2, 0.25) is 0 Å². The third-order valence-corrected chi connectivity index (χ3v) is 4.17. The number of aliphatic hydroxyl groups is 1. The van der Waals surface area contributed by atoms with Gasteiger partial charge in [0.15, 0.2) is 0 Å². The van der Waals surface area contributed by atoms with E-state index in [0.29, 0.717) is 18.3 Å². The Morgan fingerprint density at radius 3 is 2.82 bits per heavy atom. The lowest BCUT2D eigenvalue weighted by molar-refractivity contribution is -0.384. The van der Waals surface area contributed by atoms with E-state index in [-0.39, 0.29) is 12.3 Å². The average molecular weight is 308 g/mol. The SMILES string of the molecule is CN(C[C@@H](O)COc1cccc([N+](=O)[O-])c1)C1CCCCC1. The van der Waals surface area contributed by atoms with Crippen LogP contribution in [0.3, 0.4) is 0 Å². The van der Waals surface area contributed by atoms with E-state index in [2.05, 4.69) is 4.90 Å². The highest BCUT2D eigenvalue weighted by Gasteiger charge is 2.20. The molecule has 0 saturated heterocycles.